The molecule has 0 amide bonds. The minimum Gasteiger partial charge on any atom is -0.506 e. The second-order valence-electron chi connectivity index (χ2n) is 3.34. The van der Waals surface area contributed by atoms with Crippen LogP contribution >= 0.6 is 0 Å². The van der Waals surface area contributed by atoms with E-state index in [1.165, 1.54) is 0 Å². The molecule has 1 heterocycles. The average molecular weight is 194 g/mol. The zero-order valence-electron chi connectivity index (χ0n) is 7.94. The van der Waals surface area contributed by atoms with Gasteiger partial charge in [-0.1, -0.05) is 0 Å². The Morgan fingerprint density at radius 3 is 2.64 bits per heavy atom. The maximum atomic E-state index is 9.45. The number of phenols is 1. The third-order valence-electron chi connectivity index (χ3n) is 2.39. The molecule has 1 aliphatic heterocycles. The summed E-state index contributed by atoms with van der Waals surface area (Å²) in [6.45, 7) is 3.21. The lowest BCUT2D eigenvalue weighted by Gasteiger charge is -2.28. The van der Waals surface area contributed by atoms with Crippen molar-refractivity contribution in [1.29, 1.82) is 0 Å². The maximum Gasteiger partial charge on any atom is 0.140 e. The van der Waals surface area contributed by atoms with Gasteiger partial charge in [-0.15, -0.1) is 0 Å². The van der Waals surface area contributed by atoms with E-state index in [0.29, 0.717) is 5.69 Å². The molecule has 0 unspecified atom stereocenters. The monoisotopic (exact) mass is 194 g/mol. The fourth-order valence-corrected chi connectivity index (χ4v) is 1.55. The van der Waals surface area contributed by atoms with E-state index in [-0.39, 0.29) is 5.75 Å². The predicted molar refractivity (Wildman–Crippen MR) is 55.6 cm³/mol. The Balaban J connectivity index is 2.18. The second-order valence-corrected chi connectivity index (χ2v) is 3.34. The maximum absolute atomic E-state index is 9.45. The average Bonchev–Trinajstić information content (AvgIpc) is 2.23. The van der Waals surface area contributed by atoms with Gasteiger partial charge < -0.3 is 20.5 Å². The smallest absolute Gasteiger partial charge is 0.140 e. The summed E-state index contributed by atoms with van der Waals surface area (Å²) in [4.78, 5) is 2.17. The third kappa shape index (κ3) is 1.75. The number of ether oxygens (including phenoxy) is 1. The first-order chi connectivity index (χ1) is 6.77. The molecule has 4 nitrogen and oxygen atoms in total. The van der Waals surface area contributed by atoms with E-state index < -0.39 is 0 Å². The van der Waals surface area contributed by atoms with Gasteiger partial charge in [-0.2, -0.15) is 0 Å². The van der Waals surface area contributed by atoms with Crippen LogP contribution in [0.5, 0.6) is 5.75 Å². The van der Waals surface area contributed by atoms with Crippen LogP contribution in [0.15, 0.2) is 18.2 Å². The Labute approximate surface area is 82.9 Å². The SMILES string of the molecule is Nc1ccc(N2CCOCC2)cc1O. The van der Waals surface area contributed by atoms with E-state index in [4.69, 9.17) is 10.5 Å². The van der Waals surface area contributed by atoms with Gasteiger partial charge in [-0.25, -0.2) is 0 Å². The van der Waals surface area contributed by atoms with Crippen LogP contribution in [0.25, 0.3) is 0 Å². The molecule has 2 rings (SSSR count). The lowest BCUT2D eigenvalue weighted by Crippen LogP contribution is -2.36. The van der Waals surface area contributed by atoms with Crippen LogP contribution in [-0.4, -0.2) is 31.4 Å². The van der Waals surface area contributed by atoms with Gasteiger partial charge in [0.25, 0.3) is 0 Å². The van der Waals surface area contributed by atoms with Crippen molar-refractivity contribution in [1.82, 2.24) is 0 Å². The molecule has 1 aliphatic rings. The normalized spacial score (nSPS) is 17.0. The Kier molecular flexibility index (Phi) is 2.45. The quantitative estimate of drug-likeness (QED) is 0.513. The minimum absolute atomic E-state index is 0.147. The first-order valence-corrected chi connectivity index (χ1v) is 4.68. The topological polar surface area (TPSA) is 58.7 Å². The Morgan fingerprint density at radius 1 is 1.29 bits per heavy atom. The lowest BCUT2D eigenvalue weighted by molar-refractivity contribution is 0.122. The number of anilines is 2. The highest BCUT2D eigenvalue weighted by molar-refractivity contribution is 5.61. The largest absolute Gasteiger partial charge is 0.506 e. The summed E-state index contributed by atoms with van der Waals surface area (Å²) in [6, 6.07) is 5.33. The van der Waals surface area contributed by atoms with Gasteiger partial charge in [-0.05, 0) is 12.1 Å². The fraction of sp³-hybridized carbons (Fsp3) is 0.400. The Hall–Kier alpha value is -1.42. The molecule has 1 aromatic rings. The van der Waals surface area contributed by atoms with Gasteiger partial charge in [0.15, 0.2) is 0 Å². The molecule has 76 valence electrons. The standard InChI is InChI=1S/C10H14N2O2/c11-9-2-1-8(7-10(9)13)12-3-5-14-6-4-12/h1-2,7,13H,3-6,11H2. The highest BCUT2D eigenvalue weighted by Gasteiger charge is 2.11. The van der Waals surface area contributed by atoms with Gasteiger partial charge in [0, 0.05) is 24.8 Å². The minimum atomic E-state index is 0.147. The summed E-state index contributed by atoms with van der Waals surface area (Å²) in [5, 5.41) is 9.45. The van der Waals surface area contributed by atoms with Gasteiger partial charge in [0.1, 0.15) is 5.75 Å². The number of morpholine rings is 1. The van der Waals surface area contributed by atoms with Gasteiger partial charge in [0.2, 0.25) is 0 Å². The zero-order chi connectivity index (χ0) is 9.97. The number of nitrogens with two attached hydrogens (primary N) is 1. The molecule has 3 N–H and O–H groups in total. The van der Waals surface area contributed by atoms with Crippen molar-refractivity contribution in [3.8, 4) is 5.75 Å². The highest BCUT2D eigenvalue weighted by atomic mass is 16.5. The van der Waals surface area contributed by atoms with E-state index in [9.17, 15) is 5.11 Å². The molecule has 14 heavy (non-hydrogen) atoms. The molecule has 0 atom stereocenters. The van der Waals surface area contributed by atoms with Crippen molar-refractivity contribution < 1.29 is 9.84 Å². The second kappa shape index (κ2) is 3.75. The van der Waals surface area contributed by atoms with E-state index in [0.717, 1.165) is 32.0 Å². The van der Waals surface area contributed by atoms with Crippen LogP contribution in [-0.2, 0) is 4.74 Å². The molecule has 0 aliphatic carbocycles. The molecule has 0 bridgehead atoms. The summed E-state index contributed by atoms with van der Waals surface area (Å²) >= 11 is 0. The Morgan fingerprint density at radius 2 is 2.00 bits per heavy atom. The van der Waals surface area contributed by atoms with Crippen LogP contribution < -0.4 is 10.6 Å². The molecule has 0 saturated carbocycles. The molecule has 1 saturated heterocycles. The third-order valence-corrected chi connectivity index (χ3v) is 2.39. The van der Waals surface area contributed by atoms with Crippen LogP contribution in [0.4, 0.5) is 11.4 Å². The number of nitrogen functional groups attached to an aromatic ring is 1. The van der Waals surface area contributed by atoms with Crippen molar-refractivity contribution in [2.45, 2.75) is 0 Å². The number of hydrogen-bond acceptors (Lipinski definition) is 4. The van der Waals surface area contributed by atoms with Crippen molar-refractivity contribution in [3.05, 3.63) is 18.2 Å². The molecular weight excluding hydrogens is 180 g/mol. The van der Waals surface area contributed by atoms with Crippen molar-refractivity contribution in [2.75, 3.05) is 36.9 Å². The number of benzene rings is 1. The summed E-state index contributed by atoms with van der Waals surface area (Å²) in [5.41, 5.74) is 6.94. The summed E-state index contributed by atoms with van der Waals surface area (Å²) < 4.78 is 5.25. The van der Waals surface area contributed by atoms with E-state index in [1.54, 1.807) is 12.1 Å². The number of nitrogens with zero attached hydrogens (tertiary/aromatic N) is 1. The molecule has 0 radical (unpaired) electrons. The first-order valence-electron chi connectivity index (χ1n) is 4.68. The van der Waals surface area contributed by atoms with Gasteiger partial charge in [-0.3, -0.25) is 0 Å². The highest BCUT2D eigenvalue weighted by Crippen LogP contribution is 2.26. The van der Waals surface area contributed by atoms with Gasteiger partial charge in [0.05, 0.1) is 18.9 Å². The van der Waals surface area contributed by atoms with E-state index in [2.05, 4.69) is 4.90 Å². The van der Waals surface area contributed by atoms with E-state index in [1.807, 2.05) is 6.07 Å². The van der Waals surface area contributed by atoms with Gasteiger partial charge >= 0.3 is 0 Å². The predicted octanol–water partition coefficient (Wildman–Crippen LogP) is 0.811. The zero-order valence-corrected chi connectivity index (χ0v) is 7.94. The van der Waals surface area contributed by atoms with Crippen LogP contribution in [0, 0.1) is 0 Å². The van der Waals surface area contributed by atoms with Crippen LogP contribution in [0.1, 0.15) is 0 Å². The number of phenolic OH excluding ortho intramolecular Hbond substituents is 1. The van der Waals surface area contributed by atoms with Crippen molar-refractivity contribution >= 4 is 11.4 Å². The number of rotatable bonds is 1. The summed E-state index contributed by atoms with van der Waals surface area (Å²) in [7, 11) is 0. The van der Waals surface area contributed by atoms with Crippen LogP contribution in [0.2, 0.25) is 0 Å². The van der Waals surface area contributed by atoms with Crippen molar-refractivity contribution in [3.63, 3.8) is 0 Å². The number of hydrogen-bond donors (Lipinski definition) is 2. The summed E-state index contributed by atoms with van der Waals surface area (Å²) in [5.74, 6) is 0.147. The molecule has 1 aromatic carbocycles. The number of aromatic hydroxyl groups is 1. The molecule has 1 fully saturated rings. The molecule has 0 spiro atoms. The fourth-order valence-electron chi connectivity index (χ4n) is 1.55. The van der Waals surface area contributed by atoms with Crippen molar-refractivity contribution in [2.24, 2.45) is 0 Å². The lowest BCUT2D eigenvalue weighted by atomic mass is 10.2. The van der Waals surface area contributed by atoms with Crippen LogP contribution in [0.3, 0.4) is 0 Å². The first kappa shape index (κ1) is 9.15. The molecular formula is C10H14N2O2. The van der Waals surface area contributed by atoms with E-state index >= 15 is 0 Å². The molecule has 4 heteroatoms. The summed E-state index contributed by atoms with van der Waals surface area (Å²) in [6.07, 6.45) is 0. The molecule has 0 aromatic heterocycles. The Bertz CT molecular complexity index is 322.